The molecule has 0 saturated heterocycles. The number of aliphatic carboxylic acids is 1. The lowest BCUT2D eigenvalue weighted by Crippen LogP contribution is -2.58. The number of fused-ring (bicyclic) bond motifs is 1. The van der Waals surface area contributed by atoms with Crippen LogP contribution in [0.15, 0.2) is 11.6 Å². The van der Waals surface area contributed by atoms with E-state index in [-0.39, 0.29) is 23.7 Å². The molecule has 0 aromatic rings. The van der Waals surface area contributed by atoms with Crippen LogP contribution in [0.3, 0.4) is 0 Å². The molecule has 4 nitrogen and oxygen atoms in total. The van der Waals surface area contributed by atoms with Crippen molar-refractivity contribution in [2.24, 2.45) is 29.1 Å². The fraction of sp³-hybridized carbons (Fsp3) is 0.792. The Kier molecular flexibility index (Phi) is 6.89. The lowest BCUT2D eigenvalue weighted by atomic mass is 9.42. The number of carboxylic acids is 1. The second-order valence-electron chi connectivity index (χ2n) is 9.18. The standard InChI is InChI=1S/C24H36O4/c1-3-24-15-14-21(26)18(12-13-20(25)17-8-5-4-6-9-17)23(24)16(2)19(24)10-7-11-22(27)28/h10,16-18,20-21,23,25-26H,3-9,11,14-15H2,1-2H3,(H,27,28)/t16?,18-,20?,21+,23+,24+/m1/s1. The summed E-state index contributed by atoms with van der Waals surface area (Å²) in [6, 6.07) is 0. The van der Waals surface area contributed by atoms with Gasteiger partial charge in [0.1, 0.15) is 6.10 Å². The normalized spacial score (nSPS) is 38.1. The first-order valence-electron chi connectivity index (χ1n) is 11.2. The Morgan fingerprint density at radius 2 is 2.00 bits per heavy atom. The molecule has 3 rings (SSSR count). The SMILES string of the molecule is CC[C@@]12CC[C@H](O)[C@@H](C#CC(O)C3CCCCC3)[C@@H]1C(C)C2=CCCC(=O)O. The molecule has 0 amide bonds. The second kappa shape index (κ2) is 9.01. The molecule has 0 bridgehead atoms. The summed E-state index contributed by atoms with van der Waals surface area (Å²) in [7, 11) is 0. The van der Waals surface area contributed by atoms with E-state index >= 15 is 0 Å². The highest BCUT2D eigenvalue weighted by atomic mass is 16.4. The Morgan fingerprint density at radius 1 is 1.29 bits per heavy atom. The number of rotatable bonds is 5. The third kappa shape index (κ3) is 4.02. The van der Waals surface area contributed by atoms with Crippen LogP contribution < -0.4 is 0 Å². The van der Waals surface area contributed by atoms with Crippen molar-refractivity contribution in [2.75, 3.05) is 0 Å². The third-order valence-corrected chi connectivity index (χ3v) is 7.78. The smallest absolute Gasteiger partial charge is 0.303 e. The summed E-state index contributed by atoms with van der Waals surface area (Å²) in [4.78, 5) is 10.9. The molecule has 0 radical (unpaired) electrons. The zero-order valence-electron chi connectivity index (χ0n) is 17.4. The van der Waals surface area contributed by atoms with Gasteiger partial charge in [0.15, 0.2) is 0 Å². The summed E-state index contributed by atoms with van der Waals surface area (Å²) in [5.74, 6) is 6.47. The Hall–Kier alpha value is -1.31. The lowest BCUT2D eigenvalue weighted by Gasteiger charge is -2.62. The van der Waals surface area contributed by atoms with E-state index in [0.717, 1.165) is 32.1 Å². The molecule has 6 atom stereocenters. The number of hydrogen-bond donors (Lipinski definition) is 3. The topological polar surface area (TPSA) is 77.8 Å². The van der Waals surface area contributed by atoms with Gasteiger partial charge in [0.25, 0.3) is 0 Å². The predicted octanol–water partition coefficient (Wildman–Crippen LogP) is 4.16. The van der Waals surface area contributed by atoms with E-state index in [0.29, 0.717) is 18.3 Å². The molecule has 4 heteroatoms. The van der Waals surface area contributed by atoms with Gasteiger partial charge in [0, 0.05) is 6.42 Å². The van der Waals surface area contributed by atoms with Crippen LogP contribution in [-0.4, -0.2) is 33.5 Å². The van der Waals surface area contributed by atoms with Gasteiger partial charge < -0.3 is 15.3 Å². The minimum Gasteiger partial charge on any atom is -0.481 e. The van der Waals surface area contributed by atoms with E-state index in [1.807, 2.05) is 0 Å². The van der Waals surface area contributed by atoms with E-state index in [1.54, 1.807) is 0 Å². The molecule has 3 aliphatic rings. The molecule has 0 spiro atoms. The highest BCUT2D eigenvalue weighted by Gasteiger charge is 2.60. The van der Waals surface area contributed by atoms with E-state index in [1.165, 1.54) is 24.8 Å². The molecular weight excluding hydrogens is 352 g/mol. The van der Waals surface area contributed by atoms with E-state index in [4.69, 9.17) is 5.11 Å². The Bertz CT molecular complexity index is 651. The van der Waals surface area contributed by atoms with Gasteiger partial charge in [-0.2, -0.15) is 0 Å². The van der Waals surface area contributed by atoms with Crippen molar-refractivity contribution in [3.8, 4) is 11.8 Å². The van der Waals surface area contributed by atoms with Crippen molar-refractivity contribution in [3.63, 3.8) is 0 Å². The van der Waals surface area contributed by atoms with Crippen molar-refractivity contribution in [3.05, 3.63) is 11.6 Å². The minimum absolute atomic E-state index is 0.0479. The Labute approximate surface area is 169 Å². The number of hydrogen-bond acceptors (Lipinski definition) is 3. The summed E-state index contributed by atoms with van der Waals surface area (Å²) < 4.78 is 0. The molecule has 0 aromatic carbocycles. The summed E-state index contributed by atoms with van der Waals surface area (Å²) in [6.07, 6.45) is 10.3. The van der Waals surface area contributed by atoms with Crippen LogP contribution >= 0.6 is 0 Å². The van der Waals surface area contributed by atoms with Gasteiger partial charge in [0.05, 0.1) is 12.0 Å². The van der Waals surface area contributed by atoms with Crippen LogP contribution in [0.5, 0.6) is 0 Å². The average Bonchev–Trinajstić information content (AvgIpc) is 2.70. The maximum atomic E-state index is 10.9. The van der Waals surface area contributed by atoms with Crippen molar-refractivity contribution < 1.29 is 20.1 Å². The highest BCUT2D eigenvalue weighted by molar-refractivity contribution is 5.66. The van der Waals surface area contributed by atoms with Gasteiger partial charge in [-0.1, -0.05) is 56.6 Å². The van der Waals surface area contributed by atoms with Crippen molar-refractivity contribution >= 4 is 5.97 Å². The molecule has 3 fully saturated rings. The van der Waals surface area contributed by atoms with Gasteiger partial charge >= 0.3 is 5.97 Å². The molecule has 3 saturated carbocycles. The van der Waals surface area contributed by atoms with Gasteiger partial charge in [-0.3, -0.25) is 4.79 Å². The first-order chi connectivity index (χ1) is 13.4. The van der Waals surface area contributed by atoms with Gasteiger partial charge in [-0.05, 0) is 61.7 Å². The maximum Gasteiger partial charge on any atom is 0.303 e. The summed E-state index contributed by atoms with van der Waals surface area (Å²) in [6.45, 7) is 4.39. The molecule has 0 aliphatic heterocycles. The molecule has 0 heterocycles. The molecule has 0 aromatic heterocycles. The first-order valence-corrected chi connectivity index (χ1v) is 11.2. The zero-order chi connectivity index (χ0) is 20.3. The average molecular weight is 389 g/mol. The number of aliphatic hydroxyl groups is 2. The van der Waals surface area contributed by atoms with Gasteiger partial charge in [-0.15, -0.1) is 0 Å². The first kappa shape index (κ1) is 21.4. The predicted molar refractivity (Wildman–Crippen MR) is 109 cm³/mol. The van der Waals surface area contributed by atoms with Crippen molar-refractivity contribution in [1.82, 2.24) is 0 Å². The van der Waals surface area contributed by atoms with Gasteiger partial charge in [0.2, 0.25) is 0 Å². The van der Waals surface area contributed by atoms with Crippen molar-refractivity contribution in [2.45, 2.75) is 90.3 Å². The van der Waals surface area contributed by atoms with E-state index < -0.39 is 18.2 Å². The molecule has 3 aliphatic carbocycles. The fourth-order valence-corrected chi connectivity index (χ4v) is 6.30. The van der Waals surface area contributed by atoms with Crippen LogP contribution in [0.25, 0.3) is 0 Å². The Balaban J connectivity index is 1.76. The molecule has 3 N–H and O–H groups in total. The fourth-order valence-electron chi connectivity index (χ4n) is 6.30. The second-order valence-corrected chi connectivity index (χ2v) is 9.18. The third-order valence-electron chi connectivity index (χ3n) is 7.78. The van der Waals surface area contributed by atoms with E-state index in [2.05, 4.69) is 31.8 Å². The largest absolute Gasteiger partial charge is 0.481 e. The number of allylic oxidation sites excluding steroid dienone is 2. The van der Waals surface area contributed by atoms with Crippen LogP contribution in [-0.2, 0) is 4.79 Å². The molecule has 156 valence electrons. The zero-order valence-corrected chi connectivity index (χ0v) is 17.4. The maximum absolute atomic E-state index is 10.9. The molecule has 2 unspecified atom stereocenters. The summed E-state index contributed by atoms with van der Waals surface area (Å²) in [5.41, 5.74) is 1.42. The van der Waals surface area contributed by atoms with Crippen LogP contribution in [0.4, 0.5) is 0 Å². The van der Waals surface area contributed by atoms with Crippen LogP contribution in [0.2, 0.25) is 0 Å². The summed E-state index contributed by atoms with van der Waals surface area (Å²) in [5, 5.41) is 30.2. The highest BCUT2D eigenvalue weighted by Crippen LogP contribution is 2.65. The monoisotopic (exact) mass is 388 g/mol. The molecule has 28 heavy (non-hydrogen) atoms. The van der Waals surface area contributed by atoms with E-state index in [9.17, 15) is 15.0 Å². The van der Waals surface area contributed by atoms with Crippen LogP contribution in [0.1, 0.15) is 78.1 Å². The van der Waals surface area contributed by atoms with Crippen molar-refractivity contribution in [1.29, 1.82) is 0 Å². The van der Waals surface area contributed by atoms with Gasteiger partial charge in [-0.25, -0.2) is 0 Å². The molecular formula is C24H36O4. The number of carbonyl (C=O) groups is 1. The summed E-state index contributed by atoms with van der Waals surface area (Å²) >= 11 is 0. The lowest BCUT2D eigenvalue weighted by molar-refractivity contribution is -0.136. The number of aliphatic hydroxyl groups excluding tert-OH is 2. The Morgan fingerprint density at radius 3 is 2.64 bits per heavy atom. The minimum atomic E-state index is -0.759. The quantitative estimate of drug-likeness (QED) is 0.488. The number of carboxylic acid groups (broad SMARTS) is 1. The van der Waals surface area contributed by atoms with Crippen LogP contribution in [0, 0.1) is 40.9 Å².